The molecule has 1 fully saturated rings. The van der Waals surface area contributed by atoms with Gasteiger partial charge in [0.25, 0.3) is 0 Å². The first-order valence-corrected chi connectivity index (χ1v) is 11.2. The van der Waals surface area contributed by atoms with Crippen LogP contribution in [-0.4, -0.2) is 35.4 Å². The largest absolute Gasteiger partial charge is 0.460 e. The summed E-state index contributed by atoms with van der Waals surface area (Å²) in [4.78, 5) is 24.7. The number of esters is 2. The Bertz CT molecular complexity index is 859. The van der Waals surface area contributed by atoms with E-state index in [0.29, 0.717) is 17.9 Å². The highest BCUT2D eigenvalue weighted by atomic mass is 35.5. The maximum atomic E-state index is 12.5. The number of rotatable bonds is 3. The number of benzene rings is 1. The molecule has 2 aliphatic rings. The van der Waals surface area contributed by atoms with Gasteiger partial charge in [-0.15, -0.1) is 0 Å². The second-order valence-electron chi connectivity index (χ2n) is 8.21. The van der Waals surface area contributed by atoms with Gasteiger partial charge in [-0.1, -0.05) is 35.9 Å². The second-order valence-corrected chi connectivity index (χ2v) is 8.64. The fourth-order valence-corrected chi connectivity index (χ4v) is 4.35. The minimum atomic E-state index is -0.646. The van der Waals surface area contributed by atoms with Gasteiger partial charge in [-0.05, 0) is 74.8 Å². The average Bonchev–Trinajstić information content (AvgIpc) is 3.09. The van der Waals surface area contributed by atoms with Crippen molar-refractivity contribution in [3.8, 4) is 0 Å². The Balaban J connectivity index is 1.78. The molecule has 0 bridgehead atoms. The molecule has 0 amide bonds. The van der Waals surface area contributed by atoms with E-state index in [0.717, 1.165) is 24.8 Å². The summed E-state index contributed by atoms with van der Waals surface area (Å²) in [6, 6.07) is 7.14. The zero-order chi connectivity index (χ0) is 22.2. The van der Waals surface area contributed by atoms with Crippen molar-refractivity contribution < 1.29 is 24.2 Å². The highest BCUT2D eigenvalue weighted by Gasteiger charge is 2.38. The molecule has 6 heteroatoms. The molecule has 3 rings (SSSR count). The van der Waals surface area contributed by atoms with Crippen LogP contribution in [-0.2, 0) is 19.1 Å². The van der Waals surface area contributed by atoms with E-state index in [1.165, 1.54) is 12.2 Å². The molecule has 5 nitrogen and oxygen atoms in total. The van der Waals surface area contributed by atoms with Gasteiger partial charge in [0, 0.05) is 23.1 Å². The first kappa shape index (κ1) is 23.3. The van der Waals surface area contributed by atoms with E-state index < -0.39 is 24.1 Å². The predicted octanol–water partition coefficient (Wildman–Crippen LogP) is 4.88. The van der Waals surface area contributed by atoms with Crippen molar-refractivity contribution in [2.24, 2.45) is 11.8 Å². The fourth-order valence-electron chi connectivity index (χ4n) is 4.15. The molecule has 0 radical (unpaired) electrons. The lowest BCUT2D eigenvalue weighted by atomic mass is 9.89. The van der Waals surface area contributed by atoms with E-state index in [1.54, 1.807) is 30.4 Å². The minimum Gasteiger partial charge on any atom is -0.460 e. The number of cyclic esters (lactones) is 1. The summed E-state index contributed by atoms with van der Waals surface area (Å²) in [5.41, 5.74) is 0.782. The monoisotopic (exact) mass is 444 g/mol. The summed E-state index contributed by atoms with van der Waals surface area (Å²) in [7, 11) is 0. The first-order chi connectivity index (χ1) is 14.9. The van der Waals surface area contributed by atoms with Crippen molar-refractivity contribution in [2.75, 3.05) is 0 Å². The zero-order valence-corrected chi connectivity index (χ0v) is 18.4. The van der Waals surface area contributed by atoms with E-state index in [9.17, 15) is 14.7 Å². The van der Waals surface area contributed by atoms with Crippen molar-refractivity contribution in [3.63, 3.8) is 0 Å². The van der Waals surface area contributed by atoms with E-state index in [4.69, 9.17) is 21.1 Å². The topological polar surface area (TPSA) is 72.8 Å². The van der Waals surface area contributed by atoms with Gasteiger partial charge in [0.1, 0.15) is 6.10 Å². The minimum absolute atomic E-state index is 0.0727. The van der Waals surface area contributed by atoms with E-state index in [2.05, 4.69) is 12.2 Å². The molecule has 1 N–H and O–H groups in total. The number of aliphatic hydroxyl groups excluding tert-OH is 1. The number of aliphatic hydroxyl groups is 1. The lowest BCUT2D eigenvalue weighted by Gasteiger charge is -2.24. The number of carbonyl (C=O) groups excluding carboxylic acids is 2. The Kier molecular flexibility index (Phi) is 8.50. The standard InChI is InChI=1S/C25H29ClO5/c1-17-6-3-2-4-8-19-15-21(27)16-22(19)23(11-13-24(28)30-17)31-25(29)12-10-18-7-5-9-20(26)14-18/h4-5,7-14,17,19,21-23,27H,2-3,6,15-16H2,1H3/b8-4+,12-10+,13-11?/t17-,19+,21-,22+,23+/m0/s1. The van der Waals surface area contributed by atoms with Crippen LogP contribution in [0.2, 0.25) is 5.02 Å². The van der Waals surface area contributed by atoms with Gasteiger partial charge >= 0.3 is 11.9 Å². The first-order valence-electron chi connectivity index (χ1n) is 10.8. The number of allylic oxidation sites excluding steroid dienone is 2. The van der Waals surface area contributed by atoms with Crippen LogP contribution >= 0.6 is 11.6 Å². The molecule has 0 unspecified atom stereocenters. The van der Waals surface area contributed by atoms with Crippen LogP contribution in [0.3, 0.4) is 0 Å². The number of hydrogen-bond acceptors (Lipinski definition) is 5. The third-order valence-corrected chi connectivity index (χ3v) is 5.91. The molecule has 1 heterocycles. The van der Waals surface area contributed by atoms with Crippen molar-refractivity contribution in [1.29, 1.82) is 0 Å². The molecule has 1 aromatic carbocycles. The molecule has 1 aliphatic heterocycles. The van der Waals surface area contributed by atoms with Gasteiger partial charge in [0.2, 0.25) is 0 Å². The van der Waals surface area contributed by atoms with Crippen LogP contribution in [0.25, 0.3) is 6.08 Å². The van der Waals surface area contributed by atoms with Gasteiger partial charge in [-0.25, -0.2) is 9.59 Å². The Morgan fingerprint density at radius 2 is 2.13 bits per heavy atom. The maximum absolute atomic E-state index is 12.5. The molecule has 1 aliphatic carbocycles. The number of ether oxygens (including phenoxy) is 2. The number of fused-ring (bicyclic) bond motifs is 1. The average molecular weight is 445 g/mol. The molecule has 0 aromatic heterocycles. The van der Waals surface area contributed by atoms with Crippen LogP contribution in [0.5, 0.6) is 0 Å². The molecule has 0 spiro atoms. The summed E-state index contributed by atoms with van der Waals surface area (Å²) in [5.74, 6) is -1.02. The van der Waals surface area contributed by atoms with Gasteiger partial charge in [0.05, 0.1) is 12.2 Å². The van der Waals surface area contributed by atoms with Crippen LogP contribution in [0.15, 0.2) is 54.6 Å². The van der Waals surface area contributed by atoms with Crippen LogP contribution < -0.4 is 0 Å². The third kappa shape index (κ3) is 7.37. The zero-order valence-electron chi connectivity index (χ0n) is 17.7. The number of hydrogen-bond donors (Lipinski definition) is 1. The SMILES string of the molecule is C[C@H]1CCC/C=C/[C@@H]2C[C@H](O)C[C@H]2[C@H](OC(=O)/C=C/c2cccc(Cl)c2)C=CC(=O)O1. The van der Waals surface area contributed by atoms with E-state index >= 15 is 0 Å². The van der Waals surface area contributed by atoms with Crippen LogP contribution in [0.1, 0.15) is 44.6 Å². The normalized spacial score (nSPS) is 30.5. The molecule has 1 aromatic rings. The highest BCUT2D eigenvalue weighted by Crippen LogP contribution is 2.37. The van der Waals surface area contributed by atoms with Crippen LogP contribution in [0.4, 0.5) is 0 Å². The number of carbonyl (C=O) groups is 2. The maximum Gasteiger partial charge on any atom is 0.331 e. The Morgan fingerprint density at radius 3 is 2.94 bits per heavy atom. The smallest absolute Gasteiger partial charge is 0.331 e. The van der Waals surface area contributed by atoms with Gasteiger partial charge in [-0.3, -0.25) is 0 Å². The Morgan fingerprint density at radius 1 is 1.29 bits per heavy atom. The third-order valence-electron chi connectivity index (χ3n) is 5.68. The summed E-state index contributed by atoms with van der Waals surface area (Å²) in [5, 5.41) is 10.8. The number of halogens is 1. The molecule has 0 saturated heterocycles. The van der Waals surface area contributed by atoms with Crippen molar-refractivity contribution >= 4 is 29.6 Å². The van der Waals surface area contributed by atoms with E-state index in [-0.39, 0.29) is 17.9 Å². The molecule has 5 atom stereocenters. The molecule has 166 valence electrons. The summed E-state index contributed by atoms with van der Waals surface area (Å²) in [6.07, 6.45) is 12.5. The van der Waals surface area contributed by atoms with Crippen molar-refractivity contribution in [3.05, 3.63) is 65.2 Å². The van der Waals surface area contributed by atoms with E-state index in [1.807, 2.05) is 13.0 Å². The predicted molar refractivity (Wildman–Crippen MR) is 120 cm³/mol. The van der Waals surface area contributed by atoms with Crippen molar-refractivity contribution in [2.45, 2.75) is 57.3 Å². The lowest BCUT2D eigenvalue weighted by Crippen LogP contribution is -2.27. The summed E-state index contributed by atoms with van der Waals surface area (Å²) in [6.45, 7) is 1.87. The van der Waals surface area contributed by atoms with Gasteiger partial charge in [0.15, 0.2) is 0 Å². The Labute approximate surface area is 188 Å². The highest BCUT2D eigenvalue weighted by molar-refractivity contribution is 6.30. The van der Waals surface area contributed by atoms with Gasteiger partial charge < -0.3 is 14.6 Å². The Hall–Kier alpha value is -2.37. The van der Waals surface area contributed by atoms with Crippen LogP contribution in [0, 0.1) is 11.8 Å². The summed E-state index contributed by atoms with van der Waals surface area (Å²) < 4.78 is 11.1. The molecular formula is C25H29ClO5. The second kappa shape index (κ2) is 11.3. The summed E-state index contributed by atoms with van der Waals surface area (Å²) >= 11 is 5.98. The fraction of sp³-hybridized carbons (Fsp3) is 0.440. The quantitative estimate of drug-likeness (QED) is 0.408. The molecule has 1 saturated carbocycles. The molecular weight excluding hydrogens is 416 g/mol. The van der Waals surface area contributed by atoms with Crippen molar-refractivity contribution in [1.82, 2.24) is 0 Å². The van der Waals surface area contributed by atoms with Gasteiger partial charge in [-0.2, -0.15) is 0 Å². The molecule has 31 heavy (non-hydrogen) atoms. The lowest BCUT2D eigenvalue weighted by molar-refractivity contribution is -0.145.